The average Bonchev–Trinajstić information content (AvgIpc) is 2.95. The Morgan fingerprint density at radius 3 is 2.79 bits per heavy atom. The minimum atomic E-state index is 0. The molecule has 0 aliphatic carbocycles. The summed E-state index contributed by atoms with van der Waals surface area (Å²) in [6.45, 7) is 5.89. The Bertz CT molecular complexity index is 553. The van der Waals surface area contributed by atoms with Gasteiger partial charge in [0, 0.05) is 37.6 Å². The first-order valence-electron chi connectivity index (χ1n) is 8.24. The summed E-state index contributed by atoms with van der Waals surface area (Å²) in [6.07, 6.45) is 2.62. The van der Waals surface area contributed by atoms with Crippen LogP contribution in [-0.2, 0) is 11.3 Å². The van der Waals surface area contributed by atoms with Crippen molar-refractivity contribution in [1.82, 2.24) is 15.5 Å². The molecule has 2 N–H and O–H groups in total. The van der Waals surface area contributed by atoms with Crippen molar-refractivity contribution in [3.05, 3.63) is 34.9 Å². The Kier molecular flexibility index (Phi) is 10.1. The van der Waals surface area contributed by atoms with Gasteiger partial charge in [0.05, 0.1) is 6.54 Å². The van der Waals surface area contributed by atoms with Gasteiger partial charge in [-0.1, -0.05) is 29.8 Å². The molecule has 5 nitrogen and oxygen atoms in total. The molecule has 0 spiro atoms. The van der Waals surface area contributed by atoms with E-state index in [2.05, 4.69) is 15.6 Å². The van der Waals surface area contributed by atoms with Crippen LogP contribution in [0.15, 0.2) is 29.3 Å². The maximum absolute atomic E-state index is 11.6. The van der Waals surface area contributed by atoms with E-state index in [1.165, 1.54) is 0 Å². The third-order valence-corrected chi connectivity index (χ3v) is 4.15. The van der Waals surface area contributed by atoms with Gasteiger partial charge in [0.2, 0.25) is 5.91 Å². The molecule has 7 heteroatoms. The summed E-state index contributed by atoms with van der Waals surface area (Å²) in [5, 5.41) is 7.27. The maximum Gasteiger partial charge on any atom is 0.222 e. The molecule has 0 atom stereocenters. The Balaban J connectivity index is 0.00000288. The van der Waals surface area contributed by atoms with E-state index in [1.807, 2.05) is 36.1 Å². The van der Waals surface area contributed by atoms with Crippen molar-refractivity contribution in [2.24, 2.45) is 4.99 Å². The summed E-state index contributed by atoms with van der Waals surface area (Å²) < 4.78 is 0. The molecule has 0 unspecified atom stereocenters. The van der Waals surface area contributed by atoms with E-state index in [-0.39, 0.29) is 29.9 Å². The van der Waals surface area contributed by atoms with Gasteiger partial charge in [0.25, 0.3) is 0 Å². The zero-order valence-electron chi connectivity index (χ0n) is 14.1. The van der Waals surface area contributed by atoms with Crippen molar-refractivity contribution in [2.45, 2.75) is 32.7 Å². The van der Waals surface area contributed by atoms with Crippen LogP contribution in [0, 0.1) is 0 Å². The SMILES string of the molecule is CCNC(=NCc1ccccc1Cl)NCCCN1CCCC1=O.I. The fourth-order valence-corrected chi connectivity index (χ4v) is 2.75. The summed E-state index contributed by atoms with van der Waals surface area (Å²) in [5.41, 5.74) is 1.01. The number of amides is 1. The Hall–Kier alpha value is -1.02. The first-order valence-corrected chi connectivity index (χ1v) is 8.62. The number of likely N-dealkylation sites (tertiary alicyclic amines) is 1. The highest BCUT2D eigenvalue weighted by Gasteiger charge is 2.18. The lowest BCUT2D eigenvalue weighted by atomic mass is 10.2. The highest BCUT2D eigenvalue weighted by atomic mass is 127. The zero-order chi connectivity index (χ0) is 16.5. The van der Waals surface area contributed by atoms with Crippen molar-refractivity contribution in [3.8, 4) is 0 Å². The summed E-state index contributed by atoms with van der Waals surface area (Å²) >= 11 is 6.15. The van der Waals surface area contributed by atoms with Gasteiger partial charge in [-0.2, -0.15) is 0 Å². The number of benzene rings is 1. The highest BCUT2D eigenvalue weighted by Crippen LogP contribution is 2.15. The topological polar surface area (TPSA) is 56.7 Å². The molecule has 0 radical (unpaired) electrons. The number of halogens is 2. The summed E-state index contributed by atoms with van der Waals surface area (Å²) in [7, 11) is 0. The van der Waals surface area contributed by atoms with Crippen molar-refractivity contribution >= 4 is 47.4 Å². The average molecular weight is 465 g/mol. The van der Waals surface area contributed by atoms with Crippen LogP contribution in [0.4, 0.5) is 0 Å². The number of hydrogen-bond acceptors (Lipinski definition) is 2. The van der Waals surface area contributed by atoms with Crippen molar-refractivity contribution < 1.29 is 4.79 Å². The first kappa shape index (κ1) is 21.0. The lowest BCUT2D eigenvalue weighted by Crippen LogP contribution is -2.39. The minimum absolute atomic E-state index is 0. The van der Waals surface area contributed by atoms with E-state index in [0.29, 0.717) is 13.0 Å². The number of carbonyl (C=O) groups is 1. The van der Waals surface area contributed by atoms with Gasteiger partial charge in [-0.25, -0.2) is 4.99 Å². The van der Waals surface area contributed by atoms with Crippen LogP contribution in [0.25, 0.3) is 0 Å². The predicted octanol–water partition coefficient (Wildman–Crippen LogP) is 3.03. The molecule has 1 heterocycles. The summed E-state index contributed by atoms with van der Waals surface area (Å²) in [5.74, 6) is 1.06. The fourth-order valence-electron chi connectivity index (χ4n) is 2.55. The summed E-state index contributed by atoms with van der Waals surface area (Å²) in [4.78, 5) is 18.1. The molecule has 24 heavy (non-hydrogen) atoms. The van der Waals surface area contributed by atoms with Crippen molar-refractivity contribution in [2.75, 3.05) is 26.2 Å². The molecule has 0 saturated carbocycles. The van der Waals surface area contributed by atoms with Gasteiger partial charge in [0.15, 0.2) is 5.96 Å². The lowest BCUT2D eigenvalue weighted by Gasteiger charge is -2.16. The first-order chi connectivity index (χ1) is 11.2. The van der Waals surface area contributed by atoms with E-state index in [9.17, 15) is 4.79 Å². The van der Waals surface area contributed by atoms with Gasteiger partial charge in [-0.15, -0.1) is 24.0 Å². The molecule has 0 aromatic heterocycles. The molecule has 1 amide bonds. The zero-order valence-corrected chi connectivity index (χ0v) is 17.1. The Morgan fingerprint density at radius 2 is 2.12 bits per heavy atom. The summed E-state index contributed by atoms with van der Waals surface area (Å²) in [6, 6.07) is 7.73. The van der Waals surface area contributed by atoms with E-state index in [1.54, 1.807) is 0 Å². The van der Waals surface area contributed by atoms with Crippen molar-refractivity contribution in [3.63, 3.8) is 0 Å². The second kappa shape index (κ2) is 11.5. The van der Waals surface area contributed by atoms with E-state index in [4.69, 9.17) is 11.6 Å². The van der Waals surface area contributed by atoms with Crippen molar-refractivity contribution in [1.29, 1.82) is 0 Å². The quantitative estimate of drug-likeness (QED) is 0.282. The number of carbonyl (C=O) groups excluding carboxylic acids is 1. The molecule has 1 aromatic rings. The van der Waals surface area contributed by atoms with Gasteiger partial charge in [-0.05, 0) is 31.4 Å². The van der Waals surface area contributed by atoms with Crippen LogP contribution < -0.4 is 10.6 Å². The molecular weight excluding hydrogens is 439 g/mol. The van der Waals surface area contributed by atoms with E-state index >= 15 is 0 Å². The maximum atomic E-state index is 11.6. The normalized spacial score (nSPS) is 14.5. The smallest absolute Gasteiger partial charge is 0.222 e. The molecule has 1 aromatic carbocycles. The lowest BCUT2D eigenvalue weighted by molar-refractivity contribution is -0.127. The van der Waals surface area contributed by atoms with Gasteiger partial charge in [-0.3, -0.25) is 4.79 Å². The van der Waals surface area contributed by atoms with Crippen LogP contribution in [0.5, 0.6) is 0 Å². The van der Waals surface area contributed by atoms with Gasteiger partial charge in [0.1, 0.15) is 0 Å². The number of hydrogen-bond donors (Lipinski definition) is 2. The van der Waals surface area contributed by atoms with Crippen LogP contribution in [0.1, 0.15) is 31.7 Å². The molecule has 134 valence electrons. The second-order valence-corrected chi connectivity index (χ2v) is 5.96. The number of guanidine groups is 1. The third kappa shape index (κ3) is 6.84. The van der Waals surface area contributed by atoms with Gasteiger partial charge >= 0.3 is 0 Å². The Labute approximate surface area is 166 Å². The highest BCUT2D eigenvalue weighted by molar-refractivity contribution is 14.0. The van der Waals surface area contributed by atoms with E-state index < -0.39 is 0 Å². The van der Waals surface area contributed by atoms with Crippen LogP contribution in [-0.4, -0.2) is 42.9 Å². The molecule has 1 saturated heterocycles. The standard InChI is InChI=1S/C17H25ClN4O.HI/c1-2-19-17(21-13-14-7-3-4-8-15(14)18)20-10-6-12-22-11-5-9-16(22)23;/h3-4,7-8H,2,5-6,9-13H2,1H3,(H2,19,20,21);1H. The molecule has 1 aliphatic rings. The molecule has 2 rings (SSSR count). The number of rotatable bonds is 7. The molecule has 1 fully saturated rings. The largest absolute Gasteiger partial charge is 0.357 e. The molecule has 0 bridgehead atoms. The number of aliphatic imine (C=N–C) groups is 1. The number of nitrogens with zero attached hydrogens (tertiary/aromatic N) is 2. The van der Waals surface area contributed by atoms with Crippen LogP contribution >= 0.6 is 35.6 Å². The Morgan fingerprint density at radius 1 is 1.33 bits per heavy atom. The number of nitrogens with one attached hydrogen (secondary N) is 2. The molecular formula is C17H26ClIN4O. The second-order valence-electron chi connectivity index (χ2n) is 5.55. The molecule has 1 aliphatic heterocycles. The third-order valence-electron chi connectivity index (χ3n) is 3.78. The van der Waals surface area contributed by atoms with Crippen LogP contribution in [0.2, 0.25) is 5.02 Å². The predicted molar refractivity (Wildman–Crippen MR) is 110 cm³/mol. The van der Waals surface area contributed by atoms with E-state index in [0.717, 1.165) is 55.6 Å². The van der Waals surface area contributed by atoms with Gasteiger partial charge < -0.3 is 15.5 Å². The monoisotopic (exact) mass is 464 g/mol. The fraction of sp³-hybridized carbons (Fsp3) is 0.529. The minimum Gasteiger partial charge on any atom is -0.357 e. The van der Waals surface area contributed by atoms with Crippen LogP contribution in [0.3, 0.4) is 0 Å².